The van der Waals surface area contributed by atoms with Gasteiger partial charge in [-0.25, -0.2) is 0 Å². The maximum Gasteiger partial charge on any atom is 0.230 e. The first-order chi connectivity index (χ1) is 13.6. The molecule has 146 valence electrons. The van der Waals surface area contributed by atoms with Gasteiger partial charge in [0.05, 0.1) is 11.1 Å². The van der Waals surface area contributed by atoms with E-state index in [1.807, 2.05) is 19.1 Å². The number of thiazole rings is 1. The van der Waals surface area contributed by atoms with Crippen LogP contribution < -0.4 is 0 Å². The van der Waals surface area contributed by atoms with Gasteiger partial charge in [0.1, 0.15) is 17.6 Å². The van der Waals surface area contributed by atoms with Crippen LogP contribution in [0.4, 0.5) is 0 Å². The summed E-state index contributed by atoms with van der Waals surface area (Å²) in [5.74, 6) is 2.82. The highest BCUT2D eigenvalue weighted by molar-refractivity contribution is 7.17. The largest absolute Gasteiger partial charge is 0.492 e. The molecule has 9 heteroatoms. The number of nitrogens with zero attached hydrogens (tertiary/aromatic N) is 5. The van der Waals surface area contributed by atoms with Gasteiger partial charge in [0.15, 0.2) is 5.76 Å². The van der Waals surface area contributed by atoms with E-state index < -0.39 is 0 Å². The van der Waals surface area contributed by atoms with Crippen molar-refractivity contribution in [2.75, 3.05) is 33.2 Å². The van der Waals surface area contributed by atoms with Crippen LogP contribution >= 0.6 is 11.3 Å². The normalized spacial score (nSPS) is 17.5. The summed E-state index contributed by atoms with van der Waals surface area (Å²) in [7, 11) is 2.13. The molecule has 1 aliphatic heterocycles. The molecule has 0 aromatic carbocycles. The Morgan fingerprint density at radius 1 is 1.18 bits per heavy atom. The molecule has 1 N–H and O–H groups in total. The summed E-state index contributed by atoms with van der Waals surface area (Å²) in [6.45, 7) is 5.67. The summed E-state index contributed by atoms with van der Waals surface area (Å²) in [6, 6.07) is 7.38. The number of aromatic hydroxyl groups is 1. The molecule has 8 nitrogen and oxygen atoms in total. The molecule has 5 rings (SSSR count). The highest BCUT2D eigenvalue weighted by Gasteiger charge is 2.33. The van der Waals surface area contributed by atoms with Gasteiger partial charge in [0.25, 0.3) is 0 Å². The summed E-state index contributed by atoms with van der Waals surface area (Å²) in [5.41, 5.74) is 0. The van der Waals surface area contributed by atoms with Crippen molar-refractivity contribution in [2.45, 2.75) is 13.0 Å². The van der Waals surface area contributed by atoms with Crippen LogP contribution in [-0.4, -0.2) is 62.7 Å². The Bertz CT molecular complexity index is 1090. The van der Waals surface area contributed by atoms with Crippen molar-refractivity contribution < 1.29 is 13.9 Å². The molecule has 0 amide bonds. The second-order valence-corrected chi connectivity index (χ2v) is 8.10. The van der Waals surface area contributed by atoms with Crippen LogP contribution in [0.15, 0.2) is 39.4 Å². The Morgan fingerprint density at radius 2 is 2.00 bits per heavy atom. The lowest BCUT2D eigenvalue weighted by Crippen LogP contribution is -2.46. The molecule has 5 heterocycles. The third-order valence-corrected chi connectivity index (χ3v) is 6.20. The lowest BCUT2D eigenvalue weighted by Gasteiger charge is -2.36. The monoisotopic (exact) mass is 399 g/mol. The number of fused-ring (bicyclic) bond motifs is 1. The second kappa shape index (κ2) is 6.77. The number of aromatic nitrogens is 3. The third-order valence-electron chi connectivity index (χ3n) is 5.12. The van der Waals surface area contributed by atoms with E-state index in [1.54, 1.807) is 18.4 Å². The number of hydrogen-bond acceptors (Lipinski definition) is 8. The topological polar surface area (TPSA) is 83.2 Å². The Hall–Kier alpha value is -2.62. The van der Waals surface area contributed by atoms with E-state index in [4.69, 9.17) is 8.83 Å². The minimum Gasteiger partial charge on any atom is -0.492 e. The van der Waals surface area contributed by atoms with Crippen LogP contribution in [0.1, 0.15) is 22.4 Å². The molecule has 0 saturated carbocycles. The van der Waals surface area contributed by atoms with Gasteiger partial charge in [0, 0.05) is 26.2 Å². The van der Waals surface area contributed by atoms with Gasteiger partial charge in [-0.05, 0) is 38.2 Å². The van der Waals surface area contributed by atoms with Crippen LogP contribution in [0.3, 0.4) is 0 Å². The van der Waals surface area contributed by atoms with Crippen molar-refractivity contribution in [3.05, 3.63) is 46.9 Å². The second-order valence-electron chi connectivity index (χ2n) is 7.09. The molecule has 0 spiro atoms. The van der Waals surface area contributed by atoms with E-state index in [2.05, 4.69) is 26.9 Å². The SMILES string of the molecule is Cc1ccc(C(c2sc3nc(-c4ccco4)nn3c2O)N2CCN(C)CC2)o1. The predicted molar refractivity (Wildman–Crippen MR) is 105 cm³/mol. The number of piperazine rings is 1. The summed E-state index contributed by atoms with van der Waals surface area (Å²) < 4.78 is 12.8. The molecule has 4 aromatic rings. The number of furan rings is 2. The first kappa shape index (κ1) is 17.5. The average Bonchev–Trinajstić information content (AvgIpc) is 3.45. The van der Waals surface area contributed by atoms with E-state index in [0.717, 1.165) is 42.6 Å². The summed E-state index contributed by atoms with van der Waals surface area (Å²) >= 11 is 1.43. The fourth-order valence-electron chi connectivity index (χ4n) is 3.59. The highest BCUT2D eigenvalue weighted by atomic mass is 32.1. The van der Waals surface area contributed by atoms with E-state index in [-0.39, 0.29) is 11.9 Å². The fraction of sp³-hybridized carbons (Fsp3) is 0.368. The molecule has 1 aliphatic rings. The Morgan fingerprint density at radius 3 is 2.64 bits per heavy atom. The maximum atomic E-state index is 11.0. The lowest BCUT2D eigenvalue weighted by molar-refractivity contribution is 0.117. The number of hydrogen-bond donors (Lipinski definition) is 1. The van der Waals surface area contributed by atoms with Crippen LogP contribution in [-0.2, 0) is 0 Å². The Labute approximate surface area is 165 Å². The first-order valence-electron chi connectivity index (χ1n) is 9.21. The average molecular weight is 399 g/mol. The molecular formula is C19H21N5O3S. The number of rotatable bonds is 4. The van der Waals surface area contributed by atoms with Crippen molar-refractivity contribution in [1.29, 1.82) is 0 Å². The zero-order chi connectivity index (χ0) is 19.3. The van der Waals surface area contributed by atoms with Crippen molar-refractivity contribution in [3.63, 3.8) is 0 Å². The van der Waals surface area contributed by atoms with Gasteiger partial charge in [0.2, 0.25) is 16.7 Å². The van der Waals surface area contributed by atoms with Crippen molar-refractivity contribution in [1.82, 2.24) is 24.4 Å². The molecule has 4 aromatic heterocycles. The minimum atomic E-state index is -0.164. The standard InChI is InChI=1S/C19H21N5O3S/c1-12-5-6-13(27-12)15(23-9-7-22(2)8-10-23)16-18(25)24-19(28-16)20-17(21-24)14-4-3-11-26-14/h3-6,11,15,25H,7-10H2,1-2H3. The molecule has 1 saturated heterocycles. The van der Waals surface area contributed by atoms with Crippen LogP contribution in [0, 0.1) is 6.92 Å². The smallest absolute Gasteiger partial charge is 0.230 e. The van der Waals surface area contributed by atoms with Gasteiger partial charge < -0.3 is 18.8 Å². The van der Waals surface area contributed by atoms with Gasteiger partial charge in [-0.3, -0.25) is 4.90 Å². The highest BCUT2D eigenvalue weighted by Crippen LogP contribution is 2.41. The summed E-state index contributed by atoms with van der Waals surface area (Å²) in [4.78, 5) is 10.6. The van der Waals surface area contributed by atoms with Gasteiger partial charge in [-0.1, -0.05) is 11.3 Å². The van der Waals surface area contributed by atoms with Gasteiger partial charge >= 0.3 is 0 Å². The zero-order valence-electron chi connectivity index (χ0n) is 15.7. The molecule has 1 fully saturated rings. The lowest BCUT2D eigenvalue weighted by atomic mass is 10.1. The Kier molecular flexibility index (Phi) is 4.22. The summed E-state index contributed by atoms with van der Waals surface area (Å²) in [6.07, 6.45) is 1.58. The summed E-state index contributed by atoms with van der Waals surface area (Å²) in [5, 5.41) is 15.4. The molecule has 28 heavy (non-hydrogen) atoms. The molecule has 1 atom stereocenters. The molecule has 0 aliphatic carbocycles. The van der Waals surface area contributed by atoms with Crippen molar-refractivity contribution in [2.24, 2.45) is 0 Å². The van der Waals surface area contributed by atoms with Gasteiger partial charge in [-0.2, -0.15) is 9.50 Å². The minimum absolute atomic E-state index is 0.100. The fourth-order valence-corrected chi connectivity index (χ4v) is 4.69. The van der Waals surface area contributed by atoms with E-state index in [9.17, 15) is 5.11 Å². The third kappa shape index (κ3) is 2.92. The predicted octanol–water partition coefficient (Wildman–Crippen LogP) is 2.99. The van der Waals surface area contributed by atoms with Crippen LogP contribution in [0.25, 0.3) is 16.5 Å². The quantitative estimate of drug-likeness (QED) is 0.565. The van der Waals surface area contributed by atoms with Crippen molar-refractivity contribution >= 4 is 16.3 Å². The number of aryl methyl sites for hydroxylation is 1. The van der Waals surface area contributed by atoms with E-state index >= 15 is 0 Å². The maximum absolute atomic E-state index is 11.0. The zero-order valence-corrected chi connectivity index (χ0v) is 16.5. The van der Waals surface area contributed by atoms with E-state index in [1.165, 1.54) is 15.9 Å². The molecule has 1 unspecified atom stereocenters. The van der Waals surface area contributed by atoms with E-state index in [0.29, 0.717) is 16.5 Å². The molecule has 0 radical (unpaired) electrons. The number of likely N-dealkylation sites (N-methyl/N-ethyl adjacent to an activating group) is 1. The van der Waals surface area contributed by atoms with Gasteiger partial charge in [-0.15, -0.1) is 5.10 Å². The Balaban J connectivity index is 1.57. The molecular weight excluding hydrogens is 378 g/mol. The van der Waals surface area contributed by atoms with Crippen LogP contribution in [0.5, 0.6) is 5.88 Å². The first-order valence-corrected chi connectivity index (χ1v) is 10.0. The van der Waals surface area contributed by atoms with Crippen molar-refractivity contribution in [3.8, 4) is 17.5 Å². The van der Waals surface area contributed by atoms with Crippen LogP contribution in [0.2, 0.25) is 0 Å². The molecule has 0 bridgehead atoms.